The van der Waals surface area contributed by atoms with Crippen LogP contribution in [0.5, 0.6) is 0 Å². The zero-order chi connectivity index (χ0) is 11.4. The third-order valence-corrected chi connectivity index (χ3v) is 5.69. The van der Waals surface area contributed by atoms with Crippen molar-refractivity contribution in [3.8, 4) is 0 Å². The molecule has 90 valence electrons. The molecule has 1 heterocycles. The van der Waals surface area contributed by atoms with Crippen LogP contribution < -0.4 is 0 Å². The number of rotatable bonds is 0. The standard InChI is InChI=1S/C15H24O/c1-14(2)7-4-8-15(3)12-10-16-9-11(12)5-6-13(14)15/h5,12-13H,4,6-10H2,1-3H3/t12-,13?,15+/m0/s1. The lowest BCUT2D eigenvalue weighted by molar-refractivity contribution is -0.0401. The summed E-state index contributed by atoms with van der Waals surface area (Å²) in [5.41, 5.74) is 2.65. The Labute approximate surface area is 99.3 Å². The highest BCUT2D eigenvalue weighted by Crippen LogP contribution is 2.60. The van der Waals surface area contributed by atoms with E-state index in [1.54, 1.807) is 5.57 Å². The predicted octanol–water partition coefficient (Wildman–Crippen LogP) is 3.80. The van der Waals surface area contributed by atoms with Crippen molar-refractivity contribution in [3.63, 3.8) is 0 Å². The molecule has 1 unspecified atom stereocenters. The SMILES string of the molecule is CC1(C)CCC[C@@]2(C)C1CC=C1COC[C@@H]12. The summed E-state index contributed by atoms with van der Waals surface area (Å²) in [6.45, 7) is 9.38. The highest BCUT2D eigenvalue weighted by atomic mass is 16.5. The number of fused-ring (bicyclic) bond motifs is 3. The lowest BCUT2D eigenvalue weighted by Crippen LogP contribution is -2.48. The van der Waals surface area contributed by atoms with Crippen molar-refractivity contribution in [2.45, 2.75) is 46.5 Å². The minimum absolute atomic E-state index is 0.516. The van der Waals surface area contributed by atoms with E-state index in [1.807, 2.05) is 0 Å². The van der Waals surface area contributed by atoms with Gasteiger partial charge in [0.15, 0.2) is 0 Å². The lowest BCUT2D eigenvalue weighted by atomic mass is 9.49. The Hall–Kier alpha value is -0.300. The predicted molar refractivity (Wildman–Crippen MR) is 66.2 cm³/mol. The summed E-state index contributed by atoms with van der Waals surface area (Å²) < 4.78 is 5.71. The van der Waals surface area contributed by atoms with Crippen LogP contribution in [0.3, 0.4) is 0 Å². The molecule has 0 bridgehead atoms. The Morgan fingerprint density at radius 3 is 2.88 bits per heavy atom. The molecule has 1 saturated heterocycles. The summed E-state index contributed by atoms with van der Waals surface area (Å²) in [6.07, 6.45) is 8.01. The molecule has 1 nitrogen and oxygen atoms in total. The largest absolute Gasteiger partial charge is 0.376 e. The third kappa shape index (κ3) is 1.33. The van der Waals surface area contributed by atoms with Gasteiger partial charge in [-0.15, -0.1) is 0 Å². The van der Waals surface area contributed by atoms with Crippen molar-refractivity contribution in [2.24, 2.45) is 22.7 Å². The molecule has 2 aliphatic carbocycles. The van der Waals surface area contributed by atoms with Crippen molar-refractivity contribution < 1.29 is 4.74 Å². The summed E-state index contributed by atoms with van der Waals surface area (Å²) in [4.78, 5) is 0. The van der Waals surface area contributed by atoms with Crippen LogP contribution in [0.15, 0.2) is 11.6 Å². The number of hydrogen-bond donors (Lipinski definition) is 0. The fraction of sp³-hybridized carbons (Fsp3) is 0.867. The first-order chi connectivity index (χ1) is 7.54. The van der Waals surface area contributed by atoms with Gasteiger partial charge in [0.25, 0.3) is 0 Å². The lowest BCUT2D eigenvalue weighted by Gasteiger charge is -2.55. The first-order valence-electron chi connectivity index (χ1n) is 6.81. The molecule has 3 atom stereocenters. The van der Waals surface area contributed by atoms with Gasteiger partial charge in [-0.05, 0) is 41.6 Å². The molecule has 16 heavy (non-hydrogen) atoms. The summed E-state index contributed by atoms with van der Waals surface area (Å²) in [6, 6.07) is 0. The number of allylic oxidation sites excluding steroid dienone is 1. The van der Waals surface area contributed by atoms with E-state index in [4.69, 9.17) is 4.74 Å². The molecular weight excluding hydrogens is 196 g/mol. The van der Waals surface area contributed by atoms with E-state index >= 15 is 0 Å². The average Bonchev–Trinajstić information content (AvgIpc) is 2.65. The first-order valence-corrected chi connectivity index (χ1v) is 6.81. The molecular formula is C15H24O. The van der Waals surface area contributed by atoms with Crippen LogP contribution in [-0.4, -0.2) is 13.2 Å². The van der Waals surface area contributed by atoms with E-state index < -0.39 is 0 Å². The highest BCUT2D eigenvalue weighted by molar-refractivity contribution is 5.22. The van der Waals surface area contributed by atoms with Gasteiger partial charge in [0, 0.05) is 5.92 Å². The molecule has 0 aromatic rings. The Morgan fingerprint density at radius 2 is 2.06 bits per heavy atom. The van der Waals surface area contributed by atoms with Crippen LogP contribution in [-0.2, 0) is 4.74 Å². The quantitative estimate of drug-likeness (QED) is 0.564. The van der Waals surface area contributed by atoms with Gasteiger partial charge in [-0.2, -0.15) is 0 Å². The van der Waals surface area contributed by atoms with E-state index in [0.717, 1.165) is 25.0 Å². The van der Waals surface area contributed by atoms with Gasteiger partial charge in [0.05, 0.1) is 13.2 Å². The second-order valence-electron chi connectivity index (χ2n) is 6.98. The first kappa shape index (κ1) is 10.8. The van der Waals surface area contributed by atoms with Gasteiger partial charge >= 0.3 is 0 Å². The minimum Gasteiger partial charge on any atom is -0.376 e. The van der Waals surface area contributed by atoms with E-state index in [-0.39, 0.29) is 0 Å². The van der Waals surface area contributed by atoms with Crippen molar-refractivity contribution in [1.82, 2.24) is 0 Å². The molecule has 3 rings (SSSR count). The summed E-state index contributed by atoms with van der Waals surface area (Å²) in [7, 11) is 0. The molecule has 0 aromatic heterocycles. The van der Waals surface area contributed by atoms with Crippen molar-refractivity contribution in [1.29, 1.82) is 0 Å². The topological polar surface area (TPSA) is 9.23 Å². The minimum atomic E-state index is 0.516. The Morgan fingerprint density at radius 1 is 1.25 bits per heavy atom. The third-order valence-electron chi connectivity index (χ3n) is 5.69. The van der Waals surface area contributed by atoms with Gasteiger partial charge < -0.3 is 4.74 Å². The molecule has 1 saturated carbocycles. The van der Waals surface area contributed by atoms with Crippen LogP contribution in [0.25, 0.3) is 0 Å². The molecule has 0 radical (unpaired) electrons. The monoisotopic (exact) mass is 220 g/mol. The zero-order valence-corrected chi connectivity index (χ0v) is 10.9. The normalized spacial score (nSPS) is 45.8. The molecule has 1 aliphatic heterocycles. The highest BCUT2D eigenvalue weighted by Gasteiger charge is 2.53. The maximum Gasteiger partial charge on any atom is 0.0680 e. The second-order valence-corrected chi connectivity index (χ2v) is 6.98. The smallest absolute Gasteiger partial charge is 0.0680 e. The van der Waals surface area contributed by atoms with E-state index in [0.29, 0.717) is 10.8 Å². The van der Waals surface area contributed by atoms with Crippen LogP contribution >= 0.6 is 0 Å². The molecule has 1 heteroatoms. The summed E-state index contributed by atoms with van der Waals surface area (Å²) in [5.74, 6) is 1.59. The van der Waals surface area contributed by atoms with Gasteiger partial charge in [-0.1, -0.05) is 33.3 Å². The Kier molecular flexibility index (Phi) is 2.27. The van der Waals surface area contributed by atoms with Crippen LogP contribution in [0, 0.1) is 22.7 Å². The van der Waals surface area contributed by atoms with Crippen molar-refractivity contribution >= 4 is 0 Å². The fourth-order valence-electron chi connectivity index (χ4n) is 4.76. The molecule has 0 spiro atoms. The maximum absolute atomic E-state index is 5.71. The summed E-state index contributed by atoms with van der Waals surface area (Å²) in [5, 5.41) is 0. The van der Waals surface area contributed by atoms with Gasteiger partial charge in [-0.25, -0.2) is 0 Å². The maximum atomic E-state index is 5.71. The molecule has 3 aliphatic rings. The van der Waals surface area contributed by atoms with Crippen LogP contribution in [0.4, 0.5) is 0 Å². The average molecular weight is 220 g/mol. The van der Waals surface area contributed by atoms with E-state index in [1.165, 1.54) is 25.7 Å². The van der Waals surface area contributed by atoms with Crippen molar-refractivity contribution in [2.75, 3.05) is 13.2 Å². The number of hydrogen-bond acceptors (Lipinski definition) is 1. The molecule has 0 amide bonds. The van der Waals surface area contributed by atoms with Crippen LogP contribution in [0.1, 0.15) is 46.5 Å². The van der Waals surface area contributed by atoms with E-state index in [2.05, 4.69) is 26.8 Å². The molecule has 0 aromatic carbocycles. The van der Waals surface area contributed by atoms with E-state index in [9.17, 15) is 0 Å². The molecule has 0 N–H and O–H groups in total. The zero-order valence-electron chi connectivity index (χ0n) is 10.9. The number of ether oxygens (including phenoxy) is 1. The second kappa shape index (κ2) is 3.35. The van der Waals surface area contributed by atoms with Crippen LogP contribution in [0.2, 0.25) is 0 Å². The fourth-order valence-corrected chi connectivity index (χ4v) is 4.76. The van der Waals surface area contributed by atoms with Gasteiger partial charge in [0.2, 0.25) is 0 Å². The van der Waals surface area contributed by atoms with Gasteiger partial charge in [-0.3, -0.25) is 0 Å². The van der Waals surface area contributed by atoms with Gasteiger partial charge in [0.1, 0.15) is 0 Å². The Balaban J connectivity index is 2.00. The molecule has 2 fully saturated rings. The summed E-state index contributed by atoms with van der Waals surface area (Å²) >= 11 is 0. The Bertz CT molecular complexity index is 328. The van der Waals surface area contributed by atoms with Crippen molar-refractivity contribution in [3.05, 3.63) is 11.6 Å².